The van der Waals surface area contributed by atoms with Gasteiger partial charge in [-0.1, -0.05) is 46.6 Å². The maximum Gasteiger partial charge on any atom is 0.227 e. The third-order valence-electron chi connectivity index (χ3n) is 0.825. The smallest absolute Gasteiger partial charge is 0.227 e. The van der Waals surface area contributed by atoms with Crippen LogP contribution in [0.3, 0.4) is 0 Å². The molecule has 0 aliphatic rings. The summed E-state index contributed by atoms with van der Waals surface area (Å²) in [5.74, 6) is 4.55. The van der Waals surface area contributed by atoms with Crippen molar-refractivity contribution in [2.75, 3.05) is 0 Å². The molecule has 0 radical (unpaired) electrons. The first-order valence-electron chi connectivity index (χ1n) is 3.13. The topological polar surface area (TPSA) is 40.5 Å². The van der Waals surface area contributed by atoms with Crippen molar-refractivity contribution < 1.29 is 10.2 Å². The molecule has 5 heteroatoms. The molecule has 0 aromatic rings. The number of aliphatic hydroxyl groups is 2. The van der Waals surface area contributed by atoms with Gasteiger partial charge in [0, 0.05) is 0 Å². The molecule has 0 saturated carbocycles. The normalized spacial score (nSPS) is 14.9. The molecular weight excluding hydrogens is 222 g/mol. The minimum Gasteiger partial charge on any atom is -0.378 e. The zero-order valence-electron chi connectivity index (χ0n) is 6.61. The van der Waals surface area contributed by atoms with E-state index < -0.39 is 15.5 Å². The molecule has 0 amide bonds. The average molecular weight is 232 g/mol. The second-order valence-electron chi connectivity index (χ2n) is 2.77. The lowest BCUT2D eigenvalue weighted by molar-refractivity contribution is 0.142. The number of aliphatic hydroxyl groups excluding tert-OH is 1. The highest BCUT2D eigenvalue weighted by Crippen LogP contribution is 2.29. The van der Waals surface area contributed by atoms with Crippen molar-refractivity contribution in [1.82, 2.24) is 0 Å². The maximum absolute atomic E-state index is 9.12. The van der Waals surface area contributed by atoms with E-state index in [2.05, 4.69) is 11.8 Å². The summed E-state index contributed by atoms with van der Waals surface area (Å²) in [7, 11) is 0. The molecule has 0 aliphatic carbocycles. The summed E-state index contributed by atoms with van der Waals surface area (Å²) < 4.78 is -1.84. The van der Waals surface area contributed by atoms with Crippen LogP contribution in [0.25, 0.3) is 0 Å². The Morgan fingerprint density at radius 1 is 1.25 bits per heavy atom. The van der Waals surface area contributed by atoms with E-state index in [9.17, 15) is 0 Å². The van der Waals surface area contributed by atoms with Crippen molar-refractivity contribution in [3.8, 4) is 11.8 Å². The van der Waals surface area contributed by atoms with Crippen molar-refractivity contribution in [3.05, 3.63) is 0 Å². The van der Waals surface area contributed by atoms with Crippen LogP contribution in [0.2, 0.25) is 0 Å². The van der Waals surface area contributed by atoms with Gasteiger partial charge in [0.2, 0.25) is 3.79 Å². The molecule has 1 unspecified atom stereocenters. The Hall–Kier alpha value is 0.350. The van der Waals surface area contributed by atoms with Gasteiger partial charge < -0.3 is 10.2 Å². The van der Waals surface area contributed by atoms with Gasteiger partial charge in [-0.25, -0.2) is 0 Å². The first kappa shape index (κ1) is 12.3. The molecular formula is C7H9Cl3O2. The van der Waals surface area contributed by atoms with Crippen molar-refractivity contribution in [1.29, 1.82) is 0 Å². The lowest BCUT2D eigenvalue weighted by atomic mass is 10.1. The van der Waals surface area contributed by atoms with E-state index in [1.807, 2.05) is 0 Å². The fraction of sp³-hybridized carbons (Fsp3) is 0.714. The Kier molecular flexibility index (Phi) is 4.16. The average Bonchev–Trinajstić information content (AvgIpc) is 1.78. The molecule has 0 rings (SSSR count). The SMILES string of the molecule is CC(C)(O)C#CC(O)C(Cl)(Cl)Cl. The van der Waals surface area contributed by atoms with Gasteiger partial charge in [0.05, 0.1) is 0 Å². The Balaban J connectivity index is 4.34. The van der Waals surface area contributed by atoms with E-state index in [1.54, 1.807) is 0 Å². The second-order valence-corrected chi connectivity index (χ2v) is 5.14. The monoisotopic (exact) mass is 230 g/mol. The summed E-state index contributed by atoms with van der Waals surface area (Å²) in [6.07, 6.45) is -1.39. The predicted molar refractivity (Wildman–Crippen MR) is 50.4 cm³/mol. The molecule has 12 heavy (non-hydrogen) atoms. The van der Waals surface area contributed by atoms with Gasteiger partial charge in [-0.05, 0) is 13.8 Å². The molecule has 0 spiro atoms. The molecule has 0 saturated heterocycles. The zero-order valence-corrected chi connectivity index (χ0v) is 8.87. The number of hydrogen-bond donors (Lipinski definition) is 2. The molecule has 0 bridgehead atoms. The van der Waals surface area contributed by atoms with E-state index in [0.717, 1.165) is 0 Å². The Morgan fingerprint density at radius 2 is 1.67 bits per heavy atom. The largest absolute Gasteiger partial charge is 0.378 e. The Bertz CT molecular complexity index is 203. The third kappa shape index (κ3) is 5.93. The van der Waals surface area contributed by atoms with Gasteiger partial charge >= 0.3 is 0 Å². The molecule has 0 heterocycles. The Morgan fingerprint density at radius 3 is 1.92 bits per heavy atom. The number of hydrogen-bond acceptors (Lipinski definition) is 2. The standard InChI is InChI=1S/C7H9Cl3O2/c1-6(2,12)4-3-5(11)7(8,9)10/h5,11-12H,1-2H3. The van der Waals surface area contributed by atoms with Crippen LogP contribution in [0, 0.1) is 11.8 Å². The van der Waals surface area contributed by atoms with Crippen LogP contribution >= 0.6 is 34.8 Å². The van der Waals surface area contributed by atoms with Gasteiger partial charge in [0.1, 0.15) is 5.60 Å². The lowest BCUT2D eigenvalue weighted by Gasteiger charge is -2.13. The summed E-state index contributed by atoms with van der Waals surface area (Å²) in [5.41, 5.74) is -1.20. The van der Waals surface area contributed by atoms with Crippen LogP contribution in [-0.2, 0) is 0 Å². The summed E-state index contributed by atoms with van der Waals surface area (Å²) in [6, 6.07) is 0. The molecule has 0 fully saturated rings. The minimum atomic E-state index is -1.84. The van der Waals surface area contributed by atoms with Crippen LogP contribution in [0.4, 0.5) is 0 Å². The second kappa shape index (κ2) is 4.04. The highest BCUT2D eigenvalue weighted by Gasteiger charge is 2.29. The Labute approximate surface area is 86.4 Å². The van der Waals surface area contributed by atoms with Gasteiger partial charge in [0.15, 0.2) is 6.10 Å². The molecule has 0 aromatic carbocycles. The van der Waals surface area contributed by atoms with Gasteiger partial charge in [-0.3, -0.25) is 0 Å². The van der Waals surface area contributed by atoms with Gasteiger partial charge in [0.25, 0.3) is 0 Å². The fourth-order valence-corrected chi connectivity index (χ4v) is 0.490. The first-order chi connectivity index (χ1) is 5.13. The lowest BCUT2D eigenvalue weighted by Crippen LogP contribution is -2.24. The van der Waals surface area contributed by atoms with Gasteiger partial charge in [-0.15, -0.1) is 0 Å². The number of alkyl halides is 3. The van der Waals surface area contributed by atoms with E-state index in [1.165, 1.54) is 13.8 Å². The highest BCUT2D eigenvalue weighted by atomic mass is 35.6. The summed E-state index contributed by atoms with van der Waals surface area (Å²) >= 11 is 15.9. The van der Waals surface area contributed by atoms with E-state index >= 15 is 0 Å². The van der Waals surface area contributed by atoms with Crippen molar-refractivity contribution in [2.45, 2.75) is 29.3 Å². The maximum atomic E-state index is 9.12. The van der Waals surface area contributed by atoms with E-state index in [-0.39, 0.29) is 0 Å². The minimum absolute atomic E-state index is 1.20. The highest BCUT2D eigenvalue weighted by molar-refractivity contribution is 6.68. The van der Waals surface area contributed by atoms with Crippen LogP contribution in [0.15, 0.2) is 0 Å². The molecule has 2 nitrogen and oxygen atoms in total. The first-order valence-corrected chi connectivity index (χ1v) is 4.26. The fourth-order valence-electron chi connectivity index (χ4n) is 0.327. The molecule has 70 valence electrons. The van der Waals surface area contributed by atoms with E-state index in [0.29, 0.717) is 0 Å². The predicted octanol–water partition coefficient (Wildman–Crippen LogP) is 1.49. The quantitative estimate of drug-likeness (QED) is 0.490. The van der Waals surface area contributed by atoms with Crippen LogP contribution in [-0.4, -0.2) is 25.7 Å². The molecule has 0 aromatic heterocycles. The number of halogens is 3. The third-order valence-corrected chi connectivity index (χ3v) is 1.44. The van der Waals surface area contributed by atoms with Gasteiger partial charge in [-0.2, -0.15) is 0 Å². The van der Waals surface area contributed by atoms with Crippen molar-refractivity contribution in [3.63, 3.8) is 0 Å². The van der Waals surface area contributed by atoms with Crippen LogP contribution < -0.4 is 0 Å². The van der Waals surface area contributed by atoms with Crippen molar-refractivity contribution in [2.24, 2.45) is 0 Å². The number of rotatable bonds is 0. The molecule has 1 atom stereocenters. The summed E-state index contributed by atoms with van der Waals surface area (Å²) in [4.78, 5) is 0. The zero-order chi connectivity index (χ0) is 9.99. The summed E-state index contributed by atoms with van der Waals surface area (Å²) in [6.45, 7) is 2.93. The molecule has 0 aliphatic heterocycles. The summed E-state index contributed by atoms with van der Waals surface area (Å²) in [5, 5.41) is 18.2. The van der Waals surface area contributed by atoms with E-state index in [4.69, 9.17) is 45.0 Å². The van der Waals surface area contributed by atoms with Crippen LogP contribution in [0.5, 0.6) is 0 Å². The molecule has 2 N–H and O–H groups in total. The van der Waals surface area contributed by atoms with Crippen LogP contribution in [0.1, 0.15) is 13.8 Å². The van der Waals surface area contributed by atoms with Crippen molar-refractivity contribution >= 4 is 34.8 Å².